The topological polar surface area (TPSA) is 70.2 Å². The van der Waals surface area contributed by atoms with Crippen LogP contribution >= 0.6 is 0 Å². The first kappa shape index (κ1) is 17.5. The fourth-order valence-electron chi connectivity index (χ4n) is 2.71. The molecule has 1 aliphatic carbocycles. The van der Waals surface area contributed by atoms with Gasteiger partial charge in [-0.2, -0.15) is 0 Å². The zero-order valence-electron chi connectivity index (χ0n) is 14.0. The first-order valence-corrected chi connectivity index (χ1v) is 8.49. The van der Waals surface area contributed by atoms with E-state index >= 15 is 0 Å². The summed E-state index contributed by atoms with van der Waals surface area (Å²) in [6.45, 7) is 4.02. The zero-order chi connectivity index (χ0) is 16.7. The minimum atomic E-state index is -0.0760. The van der Waals surface area contributed by atoms with E-state index in [-0.39, 0.29) is 17.7 Å². The third-order valence-electron chi connectivity index (χ3n) is 4.09. The van der Waals surface area contributed by atoms with Crippen molar-refractivity contribution in [3.8, 4) is 0 Å². The molecule has 0 saturated heterocycles. The van der Waals surface area contributed by atoms with Gasteiger partial charge in [0, 0.05) is 23.3 Å². The van der Waals surface area contributed by atoms with Crippen LogP contribution in [-0.4, -0.2) is 24.4 Å². The summed E-state index contributed by atoms with van der Waals surface area (Å²) >= 11 is 0. The van der Waals surface area contributed by atoms with E-state index in [1.807, 2.05) is 32.0 Å². The van der Waals surface area contributed by atoms with Crippen LogP contribution in [0.3, 0.4) is 0 Å². The molecule has 0 unspecified atom stereocenters. The third kappa shape index (κ3) is 6.02. The highest BCUT2D eigenvalue weighted by atomic mass is 16.2. The van der Waals surface area contributed by atoms with Gasteiger partial charge in [0.05, 0.1) is 6.54 Å². The lowest BCUT2D eigenvalue weighted by Crippen LogP contribution is -2.37. The molecule has 126 valence electrons. The highest BCUT2D eigenvalue weighted by Gasteiger charge is 2.14. The summed E-state index contributed by atoms with van der Waals surface area (Å²) in [5.74, 6) is -0.164. The first-order valence-electron chi connectivity index (χ1n) is 8.49. The van der Waals surface area contributed by atoms with Gasteiger partial charge in [-0.15, -0.1) is 0 Å². The Labute approximate surface area is 138 Å². The van der Waals surface area contributed by atoms with Gasteiger partial charge in [0.25, 0.3) is 0 Å². The standard InChI is InChI=1S/C18H27N3O2/c1-13(2)18(23)21-16-10-6-9-15(11-16)20-17(22)12-19-14-7-4-3-5-8-14/h6,9-11,13-14,19H,3-5,7-8,12H2,1-2H3,(H,20,22)(H,21,23). The predicted molar refractivity (Wildman–Crippen MR) is 93.4 cm³/mol. The van der Waals surface area contributed by atoms with E-state index in [0.29, 0.717) is 24.0 Å². The Hall–Kier alpha value is -1.88. The Kier molecular flexibility index (Phi) is 6.59. The Morgan fingerprint density at radius 2 is 1.74 bits per heavy atom. The van der Waals surface area contributed by atoms with E-state index < -0.39 is 0 Å². The summed E-state index contributed by atoms with van der Waals surface area (Å²) < 4.78 is 0. The van der Waals surface area contributed by atoms with Gasteiger partial charge in [-0.1, -0.05) is 39.2 Å². The average Bonchev–Trinajstić information content (AvgIpc) is 2.54. The number of benzene rings is 1. The molecule has 0 bridgehead atoms. The fourth-order valence-corrected chi connectivity index (χ4v) is 2.71. The second kappa shape index (κ2) is 8.67. The molecule has 5 nitrogen and oxygen atoms in total. The molecule has 1 fully saturated rings. The summed E-state index contributed by atoms with van der Waals surface area (Å²) in [6, 6.07) is 7.70. The van der Waals surface area contributed by atoms with Gasteiger partial charge in [0.2, 0.25) is 11.8 Å². The lowest BCUT2D eigenvalue weighted by molar-refractivity contribution is -0.119. The molecule has 0 heterocycles. The van der Waals surface area contributed by atoms with Crippen LogP contribution in [0.15, 0.2) is 24.3 Å². The molecule has 1 aromatic rings. The predicted octanol–water partition coefficient (Wildman–Crippen LogP) is 3.14. The number of hydrogen-bond donors (Lipinski definition) is 3. The summed E-state index contributed by atoms with van der Waals surface area (Å²) in [6.07, 6.45) is 6.11. The Balaban J connectivity index is 1.82. The normalized spacial score (nSPS) is 15.4. The minimum Gasteiger partial charge on any atom is -0.326 e. The Morgan fingerprint density at radius 3 is 2.39 bits per heavy atom. The van der Waals surface area contributed by atoms with Gasteiger partial charge in [0.15, 0.2) is 0 Å². The van der Waals surface area contributed by atoms with E-state index in [0.717, 1.165) is 12.8 Å². The van der Waals surface area contributed by atoms with Crippen LogP contribution in [0.25, 0.3) is 0 Å². The van der Waals surface area contributed by atoms with Crippen LogP contribution in [0.5, 0.6) is 0 Å². The monoisotopic (exact) mass is 317 g/mol. The van der Waals surface area contributed by atoms with Crippen LogP contribution < -0.4 is 16.0 Å². The molecule has 0 aliphatic heterocycles. The van der Waals surface area contributed by atoms with Crippen LogP contribution in [0.4, 0.5) is 11.4 Å². The van der Waals surface area contributed by atoms with Gasteiger partial charge in [-0.3, -0.25) is 9.59 Å². The van der Waals surface area contributed by atoms with Crippen LogP contribution in [-0.2, 0) is 9.59 Å². The van der Waals surface area contributed by atoms with E-state index in [2.05, 4.69) is 16.0 Å². The highest BCUT2D eigenvalue weighted by molar-refractivity contribution is 5.95. The largest absolute Gasteiger partial charge is 0.326 e. The molecule has 0 aromatic heterocycles. The average molecular weight is 317 g/mol. The van der Waals surface area contributed by atoms with Crippen LogP contribution in [0.2, 0.25) is 0 Å². The Bertz CT molecular complexity index is 537. The van der Waals surface area contributed by atoms with Crippen molar-refractivity contribution in [1.82, 2.24) is 5.32 Å². The maximum Gasteiger partial charge on any atom is 0.238 e. The number of nitrogens with one attached hydrogen (secondary N) is 3. The van der Waals surface area contributed by atoms with Crippen molar-refractivity contribution in [3.63, 3.8) is 0 Å². The van der Waals surface area contributed by atoms with Gasteiger partial charge in [0.1, 0.15) is 0 Å². The highest BCUT2D eigenvalue weighted by Crippen LogP contribution is 2.18. The molecule has 0 spiro atoms. The number of amides is 2. The van der Waals surface area contributed by atoms with Crippen LogP contribution in [0.1, 0.15) is 46.0 Å². The molecule has 1 saturated carbocycles. The molecule has 2 amide bonds. The molecule has 0 radical (unpaired) electrons. The van der Waals surface area contributed by atoms with Gasteiger partial charge in [-0.05, 0) is 31.0 Å². The second-order valence-corrected chi connectivity index (χ2v) is 6.49. The summed E-state index contributed by atoms with van der Waals surface area (Å²) in [5, 5.41) is 9.03. The van der Waals surface area contributed by atoms with E-state index in [1.54, 1.807) is 6.07 Å². The van der Waals surface area contributed by atoms with Crippen molar-refractivity contribution in [3.05, 3.63) is 24.3 Å². The SMILES string of the molecule is CC(C)C(=O)Nc1cccc(NC(=O)CNC2CCCCC2)c1. The maximum absolute atomic E-state index is 12.0. The molecule has 0 atom stereocenters. The number of carbonyl (C=O) groups is 2. The van der Waals surface area contributed by atoms with E-state index in [9.17, 15) is 9.59 Å². The zero-order valence-corrected chi connectivity index (χ0v) is 14.0. The molecule has 1 aliphatic rings. The van der Waals surface area contributed by atoms with Crippen molar-refractivity contribution < 1.29 is 9.59 Å². The minimum absolute atomic E-state index is 0.0348. The molecule has 3 N–H and O–H groups in total. The summed E-state index contributed by atoms with van der Waals surface area (Å²) in [5.41, 5.74) is 1.39. The molecule has 23 heavy (non-hydrogen) atoms. The first-order chi connectivity index (χ1) is 11.0. The van der Waals surface area contributed by atoms with Crippen molar-refractivity contribution in [2.24, 2.45) is 5.92 Å². The van der Waals surface area contributed by atoms with Crippen molar-refractivity contribution in [1.29, 1.82) is 0 Å². The van der Waals surface area contributed by atoms with E-state index in [4.69, 9.17) is 0 Å². The molecule has 2 rings (SSSR count). The smallest absolute Gasteiger partial charge is 0.238 e. The molecule has 1 aromatic carbocycles. The van der Waals surface area contributed by atoms with Gasteiger partial charge >= 0.3 is 0 Å². The van der Waals surface area contributed by atoms with Crippen molar-refractivity contribution in [2.45, 2.75) is 52.0 Å². The van der Waals surface area contributed by atoms with Crippen LogP contribution in [0, 0.1) is 5.92 Å². The quantitative estimate of drug-likeness (QED) is 0.755. The fraction of sp³-hybridized carbons (Fsp3) is 0.556. The number of hydrogen-bond acceptors (Lipinski definition) is 3. The maximum atomic E-state index is 12.0. The lowest BCUT2D eigenvalue weighted by Gasteiger charge is -2.22. The Morgan fingerprint density at radius 1 is 1.09 bits per heavy atom. The third-order valence-corrected chi connectivity index (χ3v) is 4.09. The molecular formula is C18H27N3O2. The number of rotatable bonds is 6. The van der Waals surface area contributed by atoms with E-state index in [1.165, 1.54) is 19.3 Å². The second-order valence-electron chi connectivity index (χ2n) is 6.49. The summed E-state index contributed by atoms with van der Waals surface area (Å²) in [4.78, 5) is 23.8. The number of carbonyl (C=O) groups excluding carboxylic acids is 2. The molecular weight excluding hydrogens is 290 g/mol. The van der Waals surface area contributed by atoms with Crippen molar-refractivity contribution >= 4 is 23.2 Å². The van der Waals surface area contributed by atoms with Gasteiger partial charge in [-0.25, -0.2) is 0 Å². The summed E-state index contributed by atoms with van der Waals surface area (Å²) in [7, 11) is 0. The van der Waals surface area contributed by atoms with Gasteiger partial charge < -0.3 is 16.0 Å². The number of anilines is 2. The molecule has 5 heteroatoms. The lowest BCUT2D eigenvalue weighted by atomic mass is 9.95. The van der Waals surface area contributed by atoms with Crippen molar-refractivity contribution in [2.75, 3.05) is 17.2 Å².